The van der Waals surface area contributed by atoms with E-state index in [4.69, 9.17) is 4.98 Å². The largest absolute Gasteiger partial charge is 0.307 e. The summed E-state index contributed by atoms with van der Waals surface area (Å²) in [6.45, 7) is 2.04. The second-order valence-corrected chi connectivity index (χ2v) is 6.13. The number of anilines is 2. The van der Waals surface area contributed by atoms with Crippen molar-refractivity contribution in [2.45, 2.75) is 25.4 Å². The molecule has 0 amide bonds. The maximum Gasteiger partial charge on any atom is 0.228 e. The zero-order valence-corrected chi connectivity index (χ0v) is 13.9. The normalized spacial score (nSPS) is 17.5. The van der Waals surface area contributed by atoms with E-state index in [0.717, 1.165) is 25.2 Å². The molecule has 4 rings (SSSR count). The summed E-state index contributed by atoms with van der Waals surface area (Å²) in [6, 6.07) is 12.9. The first-order valence-electron chi connectivity index (χ1n) is 8.52. The third kappa shape index (κ3) is 3.80. The zero-order chi connectivity index (χ0) is 16.9. The molecule has 126 valence electrons. The van der Waals surface area contributed by atoms with Gasteiger partial charge in [-0.2, -0.15) is 0 Å². The molecule has 3 heterocycles. The molecule has 2 aromatic heterocycles. The van der Waals surface area contributed by atoms with Gasteiger partial charge in [-0.25, -0.2) is 15.0 Å². The van der Waals surface area contributed by atoms with Gasteiger partial charge in [0.05, 0.1) is 17.9 Å². The Bertz CT molecular complexity index is 808. The summed E-state index contributed by atoms with van der Waals surface area (Å²) in [5.41, 5.74) is 2.39. The van der Waals surface area contributed by atoms with E-state index < -0.39 is 0 Å². The van der Waals surface area contributed by atoms with E-state index in [1.807, 2.05) is 6.07 Å². The van der Waals surface area contributed by atoms with Crippen molar-refractivity contribution in [2.75, 3.05) is 11.9 Å². The van der Waals surface area contributed by atoms with Crippen molar-refractivity contribution < 1.29 is 0 Å². The molecule has 25 heavy (non-hydrogen) atoms. The van der Waals surface area contributed by atoms with Gasteiger partial charge in [-0.3, -0.25) is 9.88 Å². The number of aromatic nitrogens is 4. The molecule has 1 atom stereocenters. The Morgan fingerprint density at radius 3 is 2.80 bits per heavy atom. The summed E-state index contributed by atoms with van der Waals surface area (Å²) in [5.74, 6) is 1.21. The topological polar surface area (TPSA) is 66.8 Å². The van der Waals surface area contributed by atoms with Gasteiger partial charge in [0.1, 0.15) is 0 Å². The Labute approximate surface area is 147 Å². The maximum absolute atomic E-state index is 4.71. The van der Waals surface area contributed by atoms with Crippen LogP contribution in [0.15, 0.2) is 61.2 Å². The molecule has 0 bridgehead atoms. The summed E-state index contributed by atoms with van der Waals surface area (Å²) in [7, 11) is 0. The van der Waals surface area contributed by atoms with Gasteiger partial charge in [-0.1, -0.05) is 30.3 Å². The average molecular weight is 332 g/mol. The van der Waals surface area contributed by atoms with Gasteiger partial charge in [0.25, 0.3) is 0 Å². The number of rotatable bonds is 5. The molecule has 3 aromatic rings. The van der Waals surface area contributed by atoms with Crippen LogP contribution in [0.3, 0.4) is 0 Å². The van der Waals surface area contributed by atoms with Crippen molar-refractivity contribution in [1.82, 2.24) is 24.8 Å². The van der Waals surface area contributed by atoms with Gasteiger partial charge < -0.3 is 5.32 Å². The number of likely N-dealkylation sites (tertiary alicyclic amines) is 1. The number of nitrogens with zero attached hydrogens (tertiary/aromatic N) is 5. The summed E-state index contributed by atoms with van der Waals surface area (Å²) < 4.78 is 0. The van der Waals surface area contributed by atoms with Crippen molar-refractivity contribution >= 4 is 11.8 Å². The fourth-order valence-corrected chi connectivity index (χ4v) is 3.26. The first kappa shape index (κ1) is 15.7. The SMILES string of the molecule is c1ccc(CN2CCC[C@H]2c2ccnc(Nc3cnccn3)n2)cc1. The molecule has 1 aliphatic heterocycles. The quantitative estimate of drug-likeness (QED) is 0.773. The standard InChI is InChI=1S/C19H20N6/c1-2-5-15(6-3-1)14-25-12-4-7-17(25)16-8-9-22-19(23-16)24-18-13-20-10-11-21-18/h1-3,5-6,8-11,13,17H,4,7,12,14H2,(H,21,22,23,24)/t17-/m0/s1. The summed E-state index contributed by atoms with van der Waals surface area (Å²) in [5, 5.41) is 3.12. The van der Waals surface area contributed by atoms with Crippen LogP contribution in [0.5, 0.6) is 0 Å². The smallest absolute Gasteiger partial charge is 0.228 e. The van der Waals surface area contributed by atoms with Crippen molar-refractivity contribution in [3.8, 4) is 0 Å². The number of hydrogen-bond acceptors (Lipinski definition) is 6. The van der Waals surface area contributed by atoms with E-state index in [1.165, 1.54) is 12.0 Å². The molecular formula is C19H20N6. The van der Waals surface area contributed by atoms with Gasteiger partial charge in [-0.15, -0.1) is 0 Å². The second-order valence-electron chi connectivity index (χ2n) is 6.13. The van der Waals surface area contributed by atoms with E-state index in [2.05, 4.69) is 55.5 Å². The molecule has 0 aliphatic carbocycles. The lowest BCUT2D eigenvalue weighted by Crippen LogP contribution is -2.23. The number of hydrogen-bond donors (Lipinski definition) is 1. The number of nitrogens with one attached hydrogen (secondary N) is 1. The van der Waals surface area contributed by atoms with Crippen molar-refractivity contribution in [2.24, 2.45) is 0 Å². The van der Waals surface area contributed by atoms with Crippen LogP contribution >= 0.6 is 0 Å². The lowest BCUT2D eigenvalue weighted by Gasteiger charge is -2.24. The first-order valence-corrected chi connectivity index (χ1v) is 8.52. The van der Waals surface area contributed by atoms with Gasteiger partial charge in [0.2, 0.25) is 5.95 Å². The monoisotopic (exact) mass is 332 g/mol. The van der Waals surface area contributed by atoms with Crippen LogP contribution in [0, 0.1) is 0 Å². The van der Waals surface area contributed by atoms with Crippen LogP contribution in [0.1, 0.15) is 30.1 Å². The fourth-order valence-electron chi connectivity index (χ4n) is 3.26. The number of benzene rings is 1. The Morgan fingerprint density at radius 2 is 1.96 bits per heavy atom. The highest BCUT2D eigenvalue weighted by Gasteiger charge is 2.27. The van der Waals surface area contributed by atoms with Crippen LogP contribution in [-0.4, -0.2) is 31.4 Å². The Morgan fingerprint density at radius 1 is 1.04 bits per heavy atom. The molecule has 0 spiro atoms. The van der Waals surface area contributed by atoms with Crippen molar-refractivity contribution in [1.29, 1.82) is 0 Å². The van der Waals surface area contributed by atoms with Crippen LogP contribution in [0.2, 0.25) is 0 Å². The van der Waals surface area contributed by atoms with E-state index in [0.29, 0.717) is 17.8 Å². The van der Waals surface area contributed by atoms with Crippen LogP contribution in [-0.2, 0) is 6.54 Å². The minimum atomic E-state index is 0.325. The lowest BCUT2D eigenvalue weighted by molar-refractivity contribution is 0.244. The second kappa shape index (κ2) is 7.36. The molecule has 1 aromatic carbocycles. The molecule has 6 heteroatoms. The molecule has 1 N–H and O–H groups in total. The Balaban J connectivity index is 1.51. The van der Waals surface area contributed by atoms with E-state index in [-0.39, 0.29) is 0 Å². The average Bonchev–Trinajstić information content (AvgIpc) is 3.12. The highest BCUT2D eigenvalue weighted by molar-refractivity contribution is 5.45. The van der Waals surface area contributed by atoms with Crippen molar-refractivity contribution in [3.63, 3.8) is 0 Å². The van der Waals surface area contributed by atoms with E-state index >= 15 is 0 Å². The molecule has 1 aliphatic rings. The molecular weight excluding hydrogens is 312 g/mol. The predicted octanol–water partition coefficient (Wildman–Crippen LogP) is 3.35. The minimum Gasteiger partial charge on any atom is -0.307 e. The first-order chi connectivity index (χ1) is 12.4. The van der Waals surface area contributed by atoms with Gasteiger partial charge in [-0.05, 0) is 31.0 Å². The molecule has 0 saturated carbocycles. The highest BCUT2D eigenvalue weighted by atomic mass is 15.2. The Kier molecular flexibility index (Phi) is 4.61. The summed E-state index contributed by atoms with van der Waals surface area (Å²) in [6.07, 6.45) is 9.06. The van der Waals surface area contributed by atoms with Crippen LogP contribution < -0.4 is 5.32 Å². The predicted molar refractivity (Wildman–Crippen MR) is 96.2 cm³/mol. The third-order valence-corrected chi connectivity index (χ3v) is 4.41. The fraction of sp³-hybridized carbons (Fsp3) is 0.263. The maximum atomic E-state index is 4.71. The van der Waals surface area contributed by atoms with Gasteiger partial charge in [0.15, 0.2) is 5.82 Å². The lowest BCUT2D eigenvalue weighted by atomic mass is 10.1. The van der Waals surface area contributed by atoms with Crippen LogP contribution in [0.4, 0.5) is 11.8 Å². The van der Waals surface area contributed by atoms with E-state index in [9.17, 15) is 0 Å². The zero-order valence-electron chi connectivity index (χ0n) is 13.9. The van der Waals surface area contributed by atoms with Crippen LogP contribution in [0.25, 0.3) is 0 Å². The molecule has 0 unspecified atom stereocenters. The van der Waals surface area contributed by atoms with Gasteiger partial charge >= 0.3 is 0 Å². The molecule has 0 radical (unpaired) electrons. The third-order valence-electron chi connectivity index (χ3n) is 4.41. The van der Waals surface area contributed by atoms with Crippen molar-refractivity contribution in [3.05, 3.63) is 72.4 Å². The van der Waals surface area contributed by atoms with E-state index in [1.54, 1.807) is 24.8 Å². The molecule has 6 nitrogen and oxygen atoms in total. The summed E-state index contributed by atoms with van der Waals surface area (Å²) >= 11 is 0. The molecule has 1 fully saturated rings. The van der Waals surface area contributed by atoms with Gasteiger partial charge in [0, 0.05) is 25.1 Å². The highest BCUT2D eigenvalue weighted by Crippen LogP contribution is 2.32. The molecule has 1 saturated heterocycles. The summed E-state index contributed by atoms with van der Waals surface area (Å²) in [4.78, 5) is 19.8. The minimum absolute atomic E-state index is 0.325. The Hall–Kier alpha value is -2.86.